The van der Waals surface area contributed by atoms with Crippen molar-refractivity contribution in [3.05, 3.63) is 46.8 Å². The number of amides is 1. The van der Waals surface area contributed by atoms with Crippen molar-refractivity contribution in [2.24, 2.45) is 0 Å². The lowest BCUT2D eigenvalue weighted by Crippen LogP contribution is -2.15. The van der Waals surface area contributed by atoms with E-state index in [1.165, 1.54) is 0 Å². The van der Waals surface area contributed by atoms with Crippen LogP contribution in [0.4, 0.5) is 5.69 Å². The Hall–Kier alpha value is -2.63. The Morgan fingerprint density at radius 3 is 2.33 bits per heavy atom. The molecule has 1 heterocycles. The predicted octanol–water partition coefficient (Wildman–Crippen LogP) is 2.75. The summed E-state index contributed by atoms with van der Waals surface area (Å²) in [6, 6.07) is 6.95. The van der Waals surface area contributed by atoms with Crippen LogP contribution in [0.3, 0.4) is 0 Å². The molecule has 6 heteroatoms. The van der Waals surface area contributed by atoms with Gasteiger partial charge in [0.15, 0.2) is 5.69 Å². The highest BCUT2D eigenvalue weighted by Crippen LogP contribution is 2.23. The van der Waals surface area contributed by atoms with Crippen LogP contribution in [0.2, 0.25) is 0 Å². The average molecular weight is 288 g/mol. The minimum atomic E-state index is -1.26. The third-order valence-electron chi connectivity index (χ3n) is 3.19. The summed E-state index contributed by atoms with van der Waals surface area (Å²) in [5.41, 5.74) is 2.74. The summed E-state index contributed by atoms with van der Waals surface area (Å²) >= 11 is 0. The lowest BCUT2D eigenvalue weighted by molar-refractivity contribution is 0.0651. The van der Waals surface area contributed by atoms with Crippen molar-refractivity contribution in [3.63, 3.8) is 0 Å². The number of nitrogens with one attached hydrogen (secondary N) is 1. The summed E-state index contributed by atoms with van der Waals surface area (Å²) in [5.74, 6) is -2.11. The molecule has 0 fully saturated rings. The van der Waals surface area contributed by atoms with Gasteiger partial charge in [-0.15, -0.1) is 0 Å². The van der Waals surface area contributed by atoms with E-state index >= 15 is 0 Å². The average Bonchev–Trinajstić information content (AvgIpc) is 2.97. The molecule has 2 aromatic rings. The molecular formula is C15H16N2O4. The largest absolute Gasteiger partial charge is 0.475 e. The maximum atomic E-state index is 12.2. The van der Waals surface area contributed by atoms with Crippen molar-refractivity contribution in [1.82, 2.24) is 5.16 Å². The molecule has 0 unspecified atom stereocenters. The Bertz CT molecular complexity index is 654. The molecular weight excluding hydrogens is 272 g/mol. The number of nitrogens with zero attached hydrogens (tertiary/aromatic N) is 1. The molecule has 6 nitrogen and oxygen atoms in total. The van der Waals surface area contributed by atoms with Gasteiger partial charge >= 0.3 is 5.97 Å². The Labute approximate surface area is 121 Å². The number of aryl methyl sites for hydroxylation is 2. The molecule has 0 saturated carbocycles. The van der Waals surface area contributed by atoms with Crippen LogP contribution in [0.25, 0.3) is 0 Å². The summed E-state index contributed by atoms with van der Waals surface area (Å²) in [6.07, 6.45) is 1.56. The number of aromatic nitrogens is 1. The molecule has 0 atom stereocenters. The van der Waals surface area contributed by atoms with E-state index in [0.29, 0.717) is 0 Å². The van der Waals surface area contributed by atoms with Crippen molar-refractivity contribution in [2.45, 2.75) is 26.7 Å². The zero-order valence-corrected chi connectivity index (χ0v) is 11.8. The first-order valence-electron chi connectivity index (χ1n) is 6.68. The first-order valence-corrected chi connectivity index (χ1v) is 6.68. The molecule has 21 heavy (non-hydrogen) atoms. The maximum Gasteiger partial charge on any atom is 0.374 e. The molecule has 1 aromatic carbocycles. The Morgan fingerprint density at radius 1 is 1.24 bits per heavy atom. The summed E-state index contributed by atoms with van der Waals surface area (Å²) in [7, 11) is 0. The molecule has 0 aliphatic carbocycles. The molecule has 0 aliphatic heterocycles. The number of carboxylic acids is 1. The van der Waals surface area contributed by atoms with Gasteiger partial charge in [0, 0.05) is 11.8 Å². The Kier molecular flexibility index (Phi) is 4.37. The molecule has 1 amide bonds. The van der Waals surface area contributed by atoms with Crippen LogP contribution >= 0.6 is 0 Å². The van der Waals surface area contributed by atoms with E-state index in [1.54, 1.807) is 0 Å². The number of rotatable bonds is 5. The summed E-state index contributed by atoms with van der Waals surface area (Å²) in [6.45, 7) is 4.01. The fourth-order valence-electron chi connectivity index (χ4n) is 2.06. The van der Waals surface area contributed by atoms with Crippen molar-refractivity contribution in [2.75, 3.05) is 5.32 Å². The van der Waals surface area contributed by atoms with E-state index in [4.69, 9.17) is 5.11 Å². The number of anilines is 1. The zero-order chi connectivity index (χ0) is 15.4. The van der Waals surface area contributed by atoms with Gasteiger partial charge in [-0.3, -0.25) is 4.79 Å². The number of carbonyl (C=O) groups excluding carboxylic acids is 1. The monoisotopic (exact) mass is 288 g/mol. The van der Waals surface area contributed by atoms with E-state index in [2.05, 4.69) is 15.0 Å². The molecule has 0 saturated heterocycles. The minimum Gasteiger partial charge on any atom is -0.475 e. The quantitative estimate of drug-likeness (QED) is 0.882. The highest BCUT2D eigenvalue weighted by molar-refractivity contribution is 6.04. The number of para-hydroxylation sites is 1. The second-order valence-corrected chi connectivity index (χ2v) is 4.49. The number of hydrogen-bond acceptors (Lipinski definition) is 4. The Balaban J connectivity index is 2.28. The number of benzene rings is 1. The van der Waals surface area contributed by atoms with Crippen LogP contribution in [0.5, 0.6) is 0 Å². The van der Waals surface area contributed by atoms with E-state index in [-0.39, 0.29) is 11.5 Å². The number of carboxylic acid groups (broad SMARTS) is 1. The van der Waals surface area contributed by atoms with Crippen LogP contribution < -0.4 is 5.32 Å². The van der Waals surface area contributed by atoms with Crippen LogP contribution in [0, 0.1) is 0 Å². The van der Waals surface area contributed by atoms with Gasteiger partial charge in [0.05, 0.1) is 0 Å². The minimum absolute atomic E-state index is 0.0552. The molecule has 0 aliphatic rings. The van der Waals surface area contributed by atoms with Gasteiger partial charge in [-0.05, 0) is 24.0 Å². The van der Waals surface area contributed by atoms with Crippen LogP contribution in [-0.2, 0) is 12.8 Å². The van der Waals surface area contributed by atoms with Gasteiger partial charge in [-0.25, -0.2) is 4.79 Å². The molecule has 2 N–H and O–H groups in total. The topological polar surface area (TPSA) is 92.4 Å². The number of hydrogen-bond donors (Lipinski definition) is 2. The third kappa shape index (κ3) is 3.10. The molecule has 0 bridgehead atoms. The summed E-state index contributed by atoms with van der Waals surface area (Å²) in [5, 5.41) is 15.0. The van der Waals surface area contributed by atoms with Crippen molar-refractivity contribution in [3.8, 4) is 0 Å². The summed E-state index contributed by atoms with van der Waals surface area (Å²) < 4.78 is 4.59. The second kappa shape index (κ2) is 6.21. The Morgan fingerprint density at radius 2 is 1.86 bits per heavy atom. The van der Waals surface area contributed by atoms with Gasteiger partial charge in [0.2, 0.25) is 5.76 Å². The van der Waals surface area contributed by atoms with Gasteiger partial charge in [-0.2, -0.15) is 0 Å². The molecule has 0 spiro atoms. The zero-order valence-electron chi connectivity index (χ0n) is 11.8. The number of aromatic carboxylic acids is 1. The predicted molar refractivity (Wildman–Crippen MR) is 76.6 cm³/mol. The number of carbonyl (C=O) groups is 2. The lowest BCUT2D eigenvalue weighted by Gasteiger charge is -2.13. The van der Waals surface area contributed by atoms with E-state index in [0.717, 1.165) is 35.7 Å². The third-order valence-corrected chi connectivity index (χ3v) is 3.19. The SMILES string of the molecule is CCc1cccc(CC)c1NC(=O)c1cc(C(=O)O)on1. The fourth-order valence-corrected chi connectivity index (χ4v) is 2.06. The maximum absolute atomic E-state index is 12.2. The van der Waals surface area contributed by atoms with Crippen LogP contribution in [0.15, 0.2) is 28.8 Å². The fraction of sp³-hybridized carbons (Fsp3) is 0.267. The van der Waals surface area contributed by atoms with Crippen molar-refractivity contribution < 1.29 is 19.2 Å². The molecule has 2 rings (SSSR count). The first-order chi connectivity index (χ1) is 10.1. The standard InChI is InChI=1S/C15H16N2O4/c1-3-9-6-5-7-10(4-2)13(9)16-14(18)11-8-12(15(19)20)21-17-11/h5-8H,3-4H2,1-2H3,(H,16,18)(H,19,20). The van der Waals surface area contributed by atoms with E-state index in [1.807, 2.05) is 32.0 Å². The van der Waals surface area contributed by atoms with Crippen molar-refractivity contribution >= 4 is 17.6 Å². The second-order valence-electron chi connectivity index (χ2n) is 4.49. The highest BCUT2D eigenvalue weighted by atomic mass is 16.5. The lowest BCUT2D eigenvalue weighted by atomic mass is 10.0. The van der Waals surface area contributed by atoms with Crippen LogP contribution in [0.1, 0.15) is 46.0 Å². The first kappa shape index (κ1) is 14.8. The van der Waals surface area contributed by atoms with Gasteiger partial charge < -0.3 is 14.9 Å². The van der Waals surface area contributed by atoms with Gasteiger partial charge in [0.25, 0.3) is 5.91 Å². The summed E-state index contributed by atoms with van der Waals surface area (Å²) in [4.78, 5) is 22.9. The smallest absolute Gasteiger partial charge is 0.374 e. The van der Waals surface area contributed by atoms with E-state index in [9.17, 15) is 9.59 Å². The normalized spacial score (nSPS) is 10.4. The van der Waals surface area contributed by atoms with Crippen molar-refractivity contribution in [1.29, 1.82) is 0 Å². The van der Waals surface area contributed by atoms with Gasteiger partial charge in [-0.1, -0.05) is 37.2 Å². The molecule has 1 aromatic heterocycles. The van der Waals surface area contributed by atoms with Crippen LogP contribution in [-0.4, -0.2) is 22.1 Å². The molecule has 0 radical (unpaired) electrons. The highest BCUT2D eigenvalue weighted by Gasteiger charge is 2.18. The molecule has 110 valence electrons. The van der Waals surface area contributed by atoms with Gasteiger partial charge in [0.1, 0.15) is 0 Å². The van der Waals surface area contributed by atoms with E-state index < -0.39 is 11.9 Å².